The molecule has 1 heterocycles. The molecule has 0 radical (unpaired) electrons. The standard InChI is InChI=1S/C10H18N4O/c1-6(7(2)11)10(15)14-8(3)9-4-12-13-5-9/h4-8H,11H2,1-3H3,(H,12,13)(H,14,15). The summed E-state index contributed by atoms with van der Waals surface area (Å²) in [6.45, 7) is 5.56. The van der Waals surface area contributed by atoms with Crippen molar-refractivity contribution < 1.29 is 4.79 Å². The maximum Gasteiger partial charge on any atom is 0.224 e. The van der Waals surface area contributed by atoms with Crippen LogP contribution in [0.1, 0.15) is 32.4 Å². The minimum atomic E-state index is -0.181. The second-order valence-electron chi connectivity index (χ2n) is 3.91. The van der Waals surface area contributed by atoms with E-state index in [4.69, 9.17) is 5.73 Å². The first kappa shape index (κ1) is 11.7. The van der Waals surface area contributed by atoms with Gasteiger partial charge >= 0.3 is 0 Å². The average molecular weight is 210 g/mol. The van der Waals surface area contributed by atoms with E-state index in [1.807, 2.05) is 20.8 Å². The molecule has 1 amide bonds. The van der Waals surface area contributed by atoms with Crippen molar-refractivity contribution in [3.05, 3.63) is 18.0 Å². The van der Waals surface area contributed by atoms with Crippen molar-refractivity contribution >= 4 is 5.91 Å². The van der Waals surface area contributed by atoms with Crippen LogP contribution in [0, 0.1) is 5.92 Å². The molecule has 0 saturated heterocycles. The molecule has 0 saturated carbocycles. The highest BCUT2D eigenvalue weighted by Gasteiger charge is 2.19. The lowest BCUT2D eigenvalue weighted by Gasteiger charge is -2.18. The monoisotopic (exact) mass is 210 g/mol. The largest absolute Gasteiger partial charge is 0.349 e. The Bertz CT molecular complexity index is 307. The van der Waals surface area contributed by atoms with Gasteiger partial charge in [0.05, 0.1) is 12.2 Å². The summed E-state index contributed by atoms with van der Waals surface area (Å²) in [6, 6.07) is -0.181. The molecule has 1 rings (SSSR count). The summed E-state index contributed by atoms with van der Waals surface area (Å²) < 4.78 is 0. The Morgan fingerprint density at radius 2 is 2.20 bits per heavy atom. The first-order chi connectivity index (χ1) is 7.02. The molecule has 4 N–H and O–H groups in total. The Morgan fingerprint density at radius 1 is 1.53 bits per heavy atom. The van der Waals surface area contributed by atoms with E-state index >= 15 is 0 Å². The van der Waals surface area contributed by atoms with Crippen molar-refractivity contribution in [2.24, 2.45) is 11.7 Å². The van der Waals surface area contributed by atoms with E-state index < -0.39 is 0 Å². The number of nitrogens with zero attached hydrogens (tertiary/aromatic N) is 1. The van der Waals surface area contributed by atoms with E-state index in [0.717, 1.165) is 5.56 Å². The molecular formula is C10H18N4O. The quantitative estimate of drug-likeness (QED) is 0.679. The minimum Gasteiger partial charge on any atom is -0.349 e. The molecule has 0 bridgehead atoms. The highest BCUT2D eigenvalue weighted by atomic mass is 16.1. The second kappa shape index (κ2) is 4.93. The molecule has 3 atom stereocenters. The predicted molar refractivity (Wildman–Crippen MR) is 58.0 cm³/mol. The highest BCUT2D eigenvalue weighted by Crippen LogP contribution is 2.10. The fourth-order valence-corrected chi connectivity index (χ4v) is 1.16. The molecule has 0 spiro atoms. The van der Waals surface area contributed by atoms with Crippen LogP contribution in [0.2, 0.25) is 0 Å². The summed E-state index contributed by atoms with van der Waals surface area (Å²) in [7, 11) is 0. The molecule has 15 heavy (non-hydrogen) atoms. The van der Waals surface area contributed by atoms with Crippen molar-refractivity contribution in [2.75, 3.05) is 0 Å². The van der Waals surface area contributed by atoms with Gasteiger partial charge in [0.15, 0.2) is 0 Å². The zero-order valence-electron chi connectivity index (χ0n) is 9.32. The van der Waals surface area contributed by atoms with E-state index in [2.05, 4.69) is 15.5 Å². The van der Waals surface area contributed by atoms with Gasteiger partial charge in [-0.1, -0.05) is 6.92 Å². The van der Waals surface area contributed by atoms with Gasteiger partial charge in [-0.3, -0.25) is 9.89 Å². The third-order valence-corrected chi connectivity index (χ3v) is 2.58. The number of nitrogens with one attached hydrogen (secondary N) is 2. The van der Waals surface area contributed by atoms with Gasteiger partial charge in [-0.05, 0) is 13.8 Å². The minimum absolute atomic E-state index is 0.0290. The van der Waals surface area contributed by atoms with Crippen molar-refractivity contribution in [3.63, 3.8) is 0 Å². The smallest absolute Gasteiger partial charge is 0.224 e. The fourth-order valence-electron chi connectivity index (χ4n) is 1.16. The number of hydrogen-bond acceptors (Lipinski definition) is 3. The summed E-state index contributed by atoms with van der Waals surface area (Å²) >= 11 is 0. The molecule has 0 aromatic carbocycles. The summed E-state index contributed by atoms with van der Waals surface area (Å²) in [5, 5.41) is 9.42. The van der Waals surface area contributed by atoms with E-state index in [1.54, 1.807) is 12.4 Å². The lowest BCUT2D eigenvalue weighted by atomic mass is 10.0. The lowest BCUT2D eigenvalue weighted by Crippen LogP contribution is -2.39. The highest BCUT2D eigenvalue weighted by molar-refractivity contribution is 5.79. The van der Waals surface area contributed by atoms with Gasteiger partial charge in [0.2, 0.25) is 5.91 Å². The van der Waals surface area contributed by atoms with Crippen LogP contribution in [0.15, 0.2) is 12.4 Å². The molecule has 5 heteroatoms. The van der Waals surface area contributed by atoms with E-state index in [0.29, 0.717) is 0 Å². The van der Waals surface area contributed by atoms with Gasteiger partial charge in [-0.25, -0.2) is 0 Å². The van der Waals surface area contributed by atoms with Crippen LogP contribution in [-0.2, 0) is 4.79 Å². The first-order valence-electron chi connectivity index (χ1n) is 5.07. The van der Waals surface area contributed by atoms with E-state index in [-0.39, 0.29) is 23.9 Å². The number of aromatic amines is 1. The Kier molecular flexibility index (Phi) is 3.85. The Hall–Kier alpha value is -1.36. The molecule has 0 aliphatic carbocycles. The van der Waals surface area contributed by atoms with E-state index in [9.17, 15) is 4.79 Å². The topological polar surface area (TPSA) is 83.8 Å². The third kappa shape index (κ3) is 3.06. The second-order valence-corrected chi connectivity index (χ2v) is 3.91. The Labute approximate surface area is 89.4 Å². The number of rotatable bonds is 4. The number of carbonyl (C=O) groups is 1. The molecule has 5 nitrogen and oxygen atoms in total. The van der Waals surface area contributed by atoms with Crippen LogP contribution in [-0.4, -0.2) is 22.1 Å². The van der Waals surface area contributed by atoms with Gasteiger partial charge in [0, 0.05) is 23.7 Å². The Balaban J connectivity index is 2.52. The summed E-state index contributed by atoms with van der Waals surface area (Å²) in [5.74, 6) is -0.210. The van der Waals surface area contributed by atoms with Crippen molar-refractivity contribution in [1.29, 1.82) is 0 Å². The van der Waals surface area contributed by atoms with Crippen LogP contribution in [0.25, 0.3) is 0 Å². The fraction of sp³-hybridized carbons (Fsp3) is 0.600. The molecule has 0 aliphatic heterocycles. The van der Waals surface area contributed by atoms with Crippen LogP contribution in [0.4, 0.5) is 0 Å². The number of H-pyrrole nitrogens is 1. The Morgan fingerprint density at radius 3 is 2.67 bits per heavy atom. The maximum atomic E-state index is 11.7. The molecule has 84 valence electrons. The molecule has 0 fully saturated rings. The number of hydrogen-bond donors (Lipinski definition) is 3. The van der Waals surface area contributed by atoms with Gasteiger partial charge in [0.1, 0.15) is 0 Å². The van der Waals surface area contributed by atoms with Crippen LogP contribution >= 0.6 is 0 Å². The summed E-state index contributed by atoms with van der Waals surface area (Å²) in [4.78, 5) is 11.7. The lowest BCUT2D eigenvalue weighted by molar-refractivity contribution is -0.125. The predicted octanol–water partition coefficient (Wildman–Crippen LogP) is 0.570. The van der Waals surface area contributed by atoms with Crippen molar-refractivity contribution in [1.82, 2.24) is 15.5 Å². The molecule has 1 aromatic rings. The van der Waals surface area contributed by atoms with Crippen LogP contribution in [0.3, 0.4) is 0 Å². The van der Waals surface area contributed by atoms with Gasteiger partial charge in [0.25, 0.3) is 0 Å². The normalized spacial score (nSPS) is 16.8. The molecule has 0 aliphatic rings. The van der Waals surface area contributed by atoms with E-state index in [1.165, 1.54) is 0 Å². The van der Waals surface area contributed by atoms with Crippen LogP contribution < -0.4 is 11.1 Å². The van der Waals surface area contributed by atoms with Crippen LogP contribution in [0.5, 0.6) is 0 Å². The molecule has 1 aromatic heterocycles. The van der Waals surface area contributed by atoms with Gasteiger partial charge in [-0.2, -0.15) is 5.10 Å². The average Bonchev–Trinajstić information content (AvgIpc) is 2.68. The summed E-state index contributed by atoms with van der Waals surface area (Å²) in [6.07, 6.45) is 3.46. The SMILES string of the molecule is CC(NC(=O)C(C)C(C)N)c1cn[nH]c1. The summed E-state index contributed by atoms with van der Waals surface area (Å²) in [5.41, 5.74) is 6.61. The number of carbonyl (C=O) groups excluding carboxylic acids is 1. The van der Waals surface area contributed by atoms with Crippen molar-refractivity contribution in [2.45, 2.75) is 32.9 Å². The van der Waals surface area contributed by atoms with Crippen molar-refractivity contribution in [3.8, 4) is 0 Å². The number of amides is 1. The van der Waals surface area contributed by atoms with Gasteiger partial charge < -0.3 is 11.1 Å². The first-order valence-corrected chi connectivity index (χ1v) is 5.07. The molecule has 3 unspecified atom stereocenters. The zero-order chi connectivity index (χ0) is 11.4. The molecular weight excluding hydrogens is 192 g/mol. The van der Waals surface area contributed by atoms with Gasteiger partial charge in [-0.15, -0.1) is 0 Å². The zero-order valence-corrected chi connectivity index (χ0v) is 9.32. The number of nitrogens with two attached hydrogens (primary N) is 1. The number of aromatic nitrogens is 2. The maximum absolute atomic E-state index is 11.7. The third-order valence-electron chi connectivity index (χ3n) is 2.58.